The average molecular weight is 228 g/mol. The van der Waals surface area contributed by atoms with Crippen LogP contribution in [-0.2, 0) is 0 Å². The van der Waals surface area contributed by atoms with Gasteiger partial charge in [-0.25, -0.2) is 0 Å². The van der Waals surface area contributed by atoms with Crippen molar-refractivity contribution in [1.29, 1.82) is 0 Å². The first-order chi connectivity index (χ1) is 7.17. The third kappa shape index (κ3) is 3.73. The molecule has 0 aliphatic heterocycles. The lowest BCUT2D eigenvalue weighted by Crippen LogP contribution is -2.30. The Morgan fingerprint density at radius 2 is 2.20 bits per heavy atom. The highest BCUT2D eigenvalue weighted by Gasteiger charge is 2.05. The zero-order chi connectivity index (χ0) is 11.3. The van der Waals surface area contributed by atoms with Crippen LogP contribution < -0.4 is 10.1 Å². The largest absolute Gasteiger partial charge is 0.492 e. The second-order valence-corrected chi connectivity index (χ2v) is 4.05. The van der Waals surface area contributed by atoms with E-state index in [1.54, 1.807) is 0 Å². The molecule has 0 heterocycles. The number of likely N-dealkylation sites (N-methyl/N-ethyl adjacent to an activating group) is 1. The van der Waals surface area contributed by atoms with E-state index in [-0.39, 0.29) is 0 Å². The van der Waals surface area contributed by atoms with E-state index in [1.165, 1.54) is 0 Å². The molecule has 1 N–H and O–H groups in total. The molecule has 1 unspecified atom stereocenters. The van der Waals surface area contributed by atoms with Crippen LogP contribution in [0.3, 0.4) is 0 Å². The fourth-order valence-electron chi connectivity index (χ4n) is 1.33. The van der Waals surface area contributed by atoms with Crippen molar-refractivity contribution < 1.29 is 4.74 Å². The van der Waals surface area contributed by atoms with E-state index in [0.29, 0.717) is 17.7 Å². The predicted molar refractivity (Wildman–Crippen MR) is 64.8 cm³/mol. The lowest BCUT2D eigenvalue weighted by molar-refractivity contribution is 0.266. The Hall–Kier alpha value is -0.730. The minimum absolute atomic E-state index is 0.392. The van der Waals surface area contributed by atoms with E-state index in [9.17, 15) is 0 Å². The van der Waals surface area contributed by atoms with Gasteiger partial charge in [-0.1, -0.05) is 24.6 Å². The molecule has 0 aliphatic rings. The molecule has 84 valence electrons. The van der Waals surface area contributed by atoms with Gasteiger partial charge >= 0.3 is 0 Å². The van der Waals surface area contributed by atoms with Crippen LogP contribution in [0.2, 0.25) is 5.02 Å². The first-order valence-corrected chi connectivity index (χ1v) is 5.61. The normalized spacial score (nSPS) is 12.5. The van der Waals surface area contributed by atoms with Crippen LogP contribution in [0.25, 0.3) is 0 Å². The summed E-state index contributed by atoms with van der Waals surface area (Å²) in [4.78, 5) is 0. The standard InChI is InChI=1S/C12H18ClNO/c1-4-11(14-3)8-15-12-7-10(13)6-5-9(12)2/h5-7,11,14H,4,8H2,1-3H3. The van der Waals surface area contributed by atoms with Gasteiger partial charge in [-0.05, 0) is 38.1 Å². The maximum Gasteiger partial charge on any atom is 0.123 e. The molecule has 1 rings (SSSR count). The summed E-state index contributed by atoms with van der Waals surface area (Å²) in [5.41, 5.74) is 1.12. The third-order valence-electron chi connectivity index (χ3n) is 2.49. The Bertz CT molecular complexity index is 310. The Labute approximate surface area is 96.6 Å². The molecule has 0 saturated carbocycles. The van der Waals surface area contributed by atoms with E-state index in [1.807, 2.05) is 32.2 Å². The van der Waals surface area contributed by atoms with E-state index >= 15 is 0 Å². The monoisotopic (exact) mass is 227 g/mol. The molecular weight excluding hydrogens is 210 g/mol. The summed E-state index contributed by atoms with van der Waals surface area (Å²) in [6.45, 7) is 4.83. The summed E-state index contributed by atoms with van der Waals surface area (Å²) in [6, 6.07) is 6.10. The molecule has 0 radical (unpaired) electrons. The lowest BCUT2D eigenvalue weighted by atomic mass is 10.2. The van der Waals surface area contributed by atoms with Crippen molar-refractivity contribution in [3.8, 4) is 5.75 Å². The molecule has 0 fully saturated rings. The topological polar surface area (TPSA) is 21.3 Å². The summed E-state index contributed by atoms with van der Waals surface area (Å²) < 4.78 is 5.71. The van der Waals surface area contributed by atoms with Crippen LogP contribution in [0.1, 0.15) is 18.9 Å². The number of hydrogen-bond donors (Lipinski definition) is 1. The van der Waals surface area contributed by atoms with Gasteiger partial charge in [-0.15, -0.1) is 0 Å². The van der Waals surface area contributed by atoms with Crippen LogP contribution >= 0.6 is 11.6 Å². The average Bonchev–Trinajstić information content (AvgIpc) is 2.24. The first-order valence-electron chi connectivity index (χ1n) is 5.23. The molecule has 1 aromatic rings. The van der Waals surface area contributed by atoms with Crippen molar-refractivity contribution in [2.75, 3.05) is 13.7 Å². The van der Waals surface area contributed by atoms with Crippen molar-refractivity contribution in [3.63, 3.8) is 0 Å². The molecule has 0 amide bonds. The molecule has 0 aliphatic carbocycles. The fraction of sp³-hybridized carbons (Fsp3) is 0.500. The minimum Gasteiger partial charge on any atom is -0.492 e. The van der Waals surface area contributed by atoms with Crippen molar-refractivity contribution in [1.82, 2.24) is 5.32 Å². The van der Waals surface area contributed by atoms with Crippen molar-refractivity contribution in [2.24, 2.45) is 0 Å². The molecule has 1 aromatic carbocycles. The van der Waals surface area contributed by atoms with Gasteiger partial charge in [0.25, 0.3) is 0 Å². The van der Waals surface area contributed by atoms with Gasteiger partial charge in [0.05, 0.1) is 0 Å². The van der Waals surface area contributed by atoms with E-state index in [4.69, 9.17) is 16.3 Å². The van der Waals surface area contributed by atoms with Gasteiger partial charge in [0.2, 0.25) is 0 Å². The number of nitrogens with one attached hydrogen (secondary N) is 1. The van der Waals surface area contributed by atoms with Crippen molar-refractivity contribution in [3.05, 3.63) is 28.8 Å². The van der Waals surface area contributed by atoms with Crippen LogP contribution in [0.5, 0.6) is 5.75 Å². The quantitative estimate of drug-likeness (QED) is 0.835. The Balaban J connectivity index is 2.60. The van der Waals surface area contributed by atoms with Gasteiger partial charge in [0, 0.05) is 11.1 Å². The van der Waals surface area contributed by atoms with Crippen molar-refractivity contribution >= 4 is 11.6 Å². The summed E-state index contributed by atoms with van der Waals surface area (Å²) in [5, 5.41) is 3.91. The van der Waals surface area contributed by atoms with E-state index < -0.39 is 0 Å². The first kappa shape index (κ1) is 12.3. The molecule has 1 atom stereocenters. The highest BCUT2D eigenvalue weighted by Crippen LogP contribution is 2.22. The number of hydrogen-bond acceptors (Lipinski definition) is 2. The SMILES string of the molecule is CCC(COc1cc(Cl)ccc1C)NC. The van der Waals surface area contributed by atoms with Crippen molar-refractivity contribution in [2.45, 2.75) is 26.3 Å². The summed E-state index contributed by atoms with van der Waals surface area (Å²) in [6.07, 6.45) is 1.05. The smallest absolute Gasteiger partial charge is 0.123 e. The molecule has 0 bridgehead atoms. The summed E-state index contributed by atoms with van der Waals surface area (Å²) in [7, 11) is 1.95. The second kappa shape index (κ2) is 5.99. The minimum atomic E-state index is 0.392. The van der Waals surface area contributed by atoms with E-state index in [2.05, 4.69) is 12.2 Å². The molecule has 0 spiro atoms. The van der Waals surface area contributed by atoms with Crippen LogP contribution in [0, 0.1) is 6.92 Å². The zero-order valence-electron chi connectivity index (χ0n) is 9.51. The maximum atomic E-state index is 5.90. The lowest BCUT2D eigenvalue weighted by Gasteiger charge is -2.16. The van der Waals surface area contributed by atoms with Gasteiger partial charge in [0.1, 0.15) is 12.4 Å². The molecule has 0 saturated heterocycles. The van der Waals surface area contributed by atoms with E-state index in [0.717, 1.165) is 17.7 Å². The molecule has 2 nitrogen and oxygen atoms in total. The van der Waals surface area contributed by atoms with Gasteiger partial charge in [0.15, 0.2) is 0 Å². The van der Waals surface area contributed by atoms with Gasteiger partial charge in [-0.2, -0.15) is 0 Å². The number of rotatable bonds is 5. The second-order valence-electron chi connectivity index (χ2n) is 3.61. The van der Waals surface area contributed by atoms with Crippen LogP contribution in [0.4, 0.5) is 0 Å². The number of benzene rings is 1. The Morgan fingerprint density at radius 1 is 1.47 bits per heavy atom. The molecular formula is C12H18ClNO. The highest BCUT2D eigenvalue weighted by atomic mass is 35.5. The van der Waals surface area contributed by atoms with Gasteiger partial charge < -0.3 is 10.1 Å². The fourth-order valence-corrected chi connectivity index (χ4v) is 1.49. The van der Waals surface area contributed by atoms with Gasteiger partial charge in [-0.3, -0.25) is 0 Å². The highest BCUT2D eigenvalue weighted by molar-refractivity contribution is 6.30. The maximum absolute atomic E-state index is 5.90. The summed E-state index contributed by atoms with van der Waals surface area (Å²) >= 11 is 5.90. The zero-order valence-corrected chi connectivity index (χ0v) is 10.3. The van der Waals surface area contributed by atoms with Crippen LogP contribution in [-0.4, -0.2) is 19.7 Å². The molecule has 15 heavy (non-hydrogen) atoms. The Morgan fingerprint density at radius 3 is 2.80 bits per heavy atom. The molecule has 0 aromatic heterocycles. The number of halogens is 1. The molecule has 3 heteroatoms. The Kier molecular flexibility index (Phi) is 4.92. The predicted octanol–water partition coefficient (Wildman–Crippen LogP) is 3.03. The number of aryl methyl sites for hydroxylation is 1. The number of ether oxygens (including phenoxy) is 1. The third-order valence-corrected chi connectivity index (χ3v) is 2.73. The summed E-state index contributed by atoms with van der Waals surface area (Å²) in [5.74, 6) is 0.871. The van der Waals surface area contributed by atoms with Crippen LogP contribution in [0.15, 0.2) is 18.2 Å².